The highest BCUT2D eigenvalue weighted by Gasteiger charge is 2.26. The van der Waals surface area contributed by atoms with Crippen LogP contribution < -0.4 is 33.6 Å². The molecule has 0 saturated heterocycles. The molecule has 0 aliphatic carbocycles. The highest BCUT2D eigenvalue weighted by molar-refractivity contribution is 5.93. The number of nitrogens with two attached hydrogens (primary N) is 4. The fourth-order valence-electron chi connectivity index (χ4n) is 4.29. The molecule has 2 aromatic rings. The number of rotatable bonds is 17. The number of nitrogens with one attached hydrogen (secondary N) is 2. The maximum absolute atomic E-state index is 13.2. The topological polar surface area (TPSA) is 271 Å². The lowest BCUT2D eigenvalue weighted by Crippen LogP contribution is -2.52. The number of carbonyl (C=O) groups excluding carboxylic acids is 3. The number of aromatic hydroxyl groups is 1. The van der Waals surface area contributed by atoms with Crippen LogP contribution in [0.5, 0.6) is 5.75 Å². The van der Waals surface area contributed by atoms with Gasteiger partial charge in [0.25, 0.3) is 5.69 Å². The van der Waals surface area contributed by atoms with E-state index in [4.69, 9.17) is 22.9 Å². The summed E-state index contributed by atoms with van der Waals surface area (Å²) in [4.78, 5) is 59.6. The van der Waals surface area contributed by atoms with Gasteiger partial charge in [0.1, 0.15) is 17.8 Å². The van der Waals surface area contributed by atoms with Crippen LogP contribution in [0.1, 0.15) is 30.9 Å². The molecule has 16 nitrogen and oxygen atoms in total. The van der Waals surface area contributed by atoms with Gasteiger partial charge in [-0.3, -0.25) is 29.5 Å². The van der Waals surface area contributed by atoms with Gasteiger partial charge in [-0.15, -0.1) is 0 Å². The van der Waals surface area contributed by atoms with Crippen molar-refractivity contribution in [3.05, 3.63) is 69.8 Å². The number of carbonyl (C=O) groups is 3. The lowest BCUT2D eigenvalue weighted by molar-refractivity contribution is -0.385. The number of phenolic OH excluding ortho intramolecular Hbond substituents is 1. The molecule has 0 fully saturated rings. The van der Waals surface area contributed by atoms with Crippen molar-refractivity contribution in [2.75, 3.05) is 26.2 Å². The zero-order chi connectivity index (χ0) is 32.6. The van der Waals surface area contributed by atoms with E-state index >= 15 is 0 Å². The Balaban J connectivity index is 2.10. The number of phenols is 1. The van der Waals surface area contributed by atoms with Crippen LogP contribution in [0, 0.1) is 10.1 Å². The summed E-state index contributed by atoms with van der Waals surface area (Å²) >= 11 is 0. The molecule has 2 aromatic carbocycles. The van der Waals surface area contributed by atoms with Gasteiger partial charge in [0, 0.05) is 37.7 Å². The molecule has 0 aromatic heterocycles. The van der Waals surface area contributed by atoms with Crippen molar-refractivity contribution in [3.8, 4) is 5.75 Å². The molecule has 16 heteroatoms. The summed E-state index contributed by atoms with van der Waals surface area (Å²) in [7, 11) is 0. The van der Waals surface area contributed by atoms with Crippen molar-refractivity contribution in [2.24, 2.45) is 32.9 Å². The second-order valence-corrected chi connectivity index (χ2v) is 9.78. The van der Waals surface area contributed by atoms with Crippen molar-refractivity contribution in [1.29, 1.82) is 0 Å². The van der Waals surface area contributed by atoms with Gasteiger partial charge in [0.05, 0.1) is 11.5 Å². The third-order valence-electron chi connectivity index (χ3n) is 6.54. The number of likely N-dealkylation sites (N-methyl/N-ethyl adjacent to an activating group) is 1. The van der Waals surface area contributed by atoms with Crippen LogP contribution in [-0.4, -0.2) is 82.8 Å². The molecule has 238 valence electrons. The van der Waals surface area contributed by atoms with Gasteiger partial charge < -0.3 is 43.6 Å². The fourth-order valence-corrected chi connectivity index (χ4v) is 4.29. The van der Waals surface area contributed by atoms with Crippen LogP contribution >= 0.6 is 0 Å². The molecule has 0 radical (unpaired) electrons. The van der Waals surface area contributed by atoms with E-state index in [9.17, 15) is 29.6 Å². The number of hydrogen-bond donors (Lipinski definition) is 7. The van der Waals surface area contributed by atoms with Gasteiger partial charge in [-0.05, 0) is 43.9 Å². The fraction of sp³-hybridized carbons (Fsp3) is 0.393. The summed E-state index contributed by atoms with van der Waals surface area (Å²) in [6.07, 6.45) is 0.786. The van der Waals surface area contributed by atoms with E-state index < -0.39 is 34.7 Å². The summed E-state index contributed by atoms with van der Waals surface area (Å²) in [5, 5.41) is 26.1. The average Bonchev–Trinajstić information content (AvgIpc) is 2.98. The number of nitrogens with zero attached hydrogens (tertiary/aromatic N) is 4. The number of para-hydroxylation sites is 1. The Hall–Kier alpha value is -5.41. The average molecular weight is 613 g/mol. The minimum atomic E-state index is -1.09. The number of benzene rings is 2. The van der Waals surface area contributed by atoms with E-state index in [0.29, 0.717) is 24.1 Å². The van der Waals surface area contributed by atoms with Crippen molar-refractivity contribution in [3.63, 3.8) is 0 Å². The Kier molecular flexibility index (Phi) is 13.9. The first kappa shape index (κ1) is 34.8. The van der Waals surface area contributed by atoms with E-state index in [1.165, 1.54) is 23.1 Å². The normalized spacial score (nSPS) is 11.8. The monoisotopic (exact) mass is 612 g/mol. The molecule has 0 bridgehead atoms. The molecule has 2 rings (SSSR count). The predicted octanol–water partition coefficient (Wildman–Crippen LogP) is -0.769. The van der Waals surface area contributed by atoms with Crippen molar-refractivity contribution in [1.82, 2.24) is 15.5 Å². The zero-order valence-corrected chi connectivity index (χ0v) is 24.5. The molecular weight excluding hydrogens is 572 g/mol. The van der Waals surface area contributed by atoms with Crippen molar-refractivity contribution in [2.45, 2.75) is 44.7 Å². The summed E-state index contributed by atoms with van der Waals surface area (Å²) in [6, 6.07) is 10.2. The summed E-state index contributed by atoms with van der Waals surface area (Å²) in [6.45, 7) is 2.09. The van der Waals surface area contributed by atoms with Gasteiger partial charge in [-0.2, -0.15) is 0 Å². The predicted molar refractivity (Wildman–Crippen MR) is 165 cm³/mol. The van der Waals surface area contributed by atoms with Crippen LogP contribution in [0.2, 0.25) is 0 Å². The van der Waals surface area contributed by atoms with Crippen LogP contribution in [0.4, 0.5) is 5.69 Å². The molecule has 0 spiro atoms. The molecular formula is C28H40N10O6. The first-order valence-corrected chi connectivity index (χ1v) is 13.9. The highest BCUT2D eigenvalue weighted by atomic mass is 16.6. The number of amides is 3. The third kappa shape index (κ3) is 11.8. The molecule has 0 unspecified atom stereocenters. The largest absolute Gasteiger partial charge is 0.508 e. The number of guanidine groups is 2. The molecule has 0 saturated carbocycles. The van der Waals surface area contributed by atoms with Crippen LogP contribution in [-0.2, 0) is 27.2 Å². The highest BCUT2D eigenvalue weighted by Crippen LogP contribution is 2.18. The van der Waals surface area contributed by atoms with Crippen molar-refractivity contribution < 1.29 is 24.4 Å². The van der Waals surface area contributed by atoms with Gasteiger partial charge in [0.2, 0.25) is 17.7 Å². The Labute approximate surface area is 254 Å². The van der Waals surface area contributed by atoms with E-state index in [1.54, 1.807) is 37.3 Å². The number of nitro benzene ring substituents is 1. The maximum atomic E-state index is 13.2. The first-order valence-electron chi connectivity index (χ1n) is 13.9. The zero-order valence-electron chi connectivity index (χ0n) is 24.5. The Morgan fingerprint density at radius 2 is 1.70 bits per heavy atom. The van der Waals surface area contributed by atoms with E-state index in [0.717, 1.165) is 0 Å². The van der Waals surface area contributed by atoms with Gasteiger partial charge in [-0.1, -0.05) is 30.3 Å². The maximum Gasteiger partial charge on any atom is 0.272 e. The van der Waals surface area contributed by atoms with Crippen LogP contribution in [0.3, 0.4) is 0 Å². The van der Waals surface area contributed by atoms with Crippen molar-refractivity contribution >= 4 is 35.3 Å². The molecule has 3 amide bonds. The lowest BCUT2D eigenvalue weighted by atomic mass is 10.0. The summed E-state index contributed by atoms with van der Waals surface area (Å²) < 4.78 is 0. The summed E-state index contributed by atoms with van der Waals surface area (Å²) in [5.41, 5.74) is 23.0. The van der Waals surface area contributed by atoms with E-state index in [-0.39, 0.29) is 62.3 Å². The third-order valence-corrected chi connectivity index (χ3v) is 6.54. The molecule has 44 heavy (non-hydrogen) atoms. The molecule has 0 heterocycles. The molecule has 0 aliphatic rings. The standard InChI is InChI=1S/C28H40N10O6/c1-2-37(15-13-19-6-3-4-8-23(19)38(43)44)24(40)17-34-25(41)21(7-5-14-33-27(29)30)35-26(42)22(36-28(31)32)16-18-9-11-20(39)12-10-18/h3-4,6,8-12,21-22,39H,2,5,7,13-17H2,1H3,(H,34,41)(H,35,42)(H4,29,30,33)(H4,31,32,36)/t21-,22+/m1/s1. The Bertz CT molecular complexity index is 1340. The summed E-state index contributed by atoms with van der Waals surface area (Å²) in [5.74, 6) is -2.08. The minimum Gasteiger partial charge on any atom is -0.508 e. The van der Waals surface area contributed by atoms with E-state index in [2.05, 4.69) is 20.6 Å². The van der Waals surface area contributed by atoms with Gasteiger partial charge >= 0.3 is 0 Å². The number of aliphatic imine (C=N–C) groups is 2. The second-order valence-electron chi connectivity index (χ2n) is 9.78. The Morgan fingerprint density at radius 1 is 1.02 bits per heavy atom. The second kappa shape index (κ2) is 17.5. The lowest BCUT2D eigenvalue weighted by Gasteiger charge is -2.23. The quantitative estimate of drug-likeness (QED) is 0.0385. The van der Waals surface area contributed by atoms with Gasteiger partial charge in [-0.25, -0.2) is 4.99 Å². The number of hydrogen-bond acceptors (Lipinski definition) is 8. The Morgan fingerprint density at radius 3 is 2.32 bits per heavy atom. The number of nitro groups is 1. The minimum absolute atomic E-state index is 0.0342. The molecule has 0 aliphatic heterocycles. The first-order chi connectivity index (χ1) is 20.9. The molecule has 2 atom stereocenters. The SMILES string of the molecule is CCN(CCc1ccccc1[N+](=O)[O-])C(=O)CNC(=O)[C@@H](CCCN=C(N)N)NC(=O)[C@H](Cc1ccc(O)cc1)N=C(N)N. The van der Waals surface area contributed by atoms with Crippen LogP contribution in [0.25, 0.3) is 0 Å². The van der Waals surface area contributed by atoms with Crippen LogP contribution in [0.15, 0.2) is 58.5 Å². The van der Waals surface area contributed by atoms with Gasteiger partial charge in [0.15, 0.2) is 11.9 Å². The molecule has 11 N–H and O–H groups in total. The smallest absolute Gasteiger partial charge is 0.272 e. The van der Waals surface area contributed by atoms with E-state index in [1.807, 2.05) is 0 Å².